The smallest absolute Gasteiger partial charge is 0.159 e. The van der Waals surface area contributed by atoms with Crippen molar-refractivity contribution in [1.29, 1.82) is 0 Å². The molecule has 0 aromatic carbocycles. The van der Waals surface area contributed by atoms with Crippen LogP contribution in [0.3, 0.4) is 0 Å². The van der Waals surface area contributed by atoms with E-state index in [-0.39, 0.29) is 6.61 Å². The molecule has 0 spiro atoms. The van der Waals surface area contributed by atoms with E-state index in [1.807, 2.05) is 0 Å². The number of nitrogen functional groups attached to an aromatic ring is 1. The van der Waals surface area contributed by atoms with Gasteiger partial charge in [0.2, 0.25) is 0 Å². The molecular formula is C11H19BrN6O. The summed E-state index contributed by atoms with van der Waals surface area (Å²) in [5, 5.41) is 9.00. The van der Waals surface area contributed by atoms with E-state index in [1.165, 1.54) is 6.33 Å². The van der Waals surface area contributed by atoms with Gasteiger partial charge in [0.05, 0.1) is 6.61 Å². The van der Waals surface area contributed by atoms with E-state index in [9.17, 15) is 0 Å². The van der Waals surface area contributed by atoms with E-state index >= 15 is 0 Å². The van der Waals surface area contributed by atoms with Crippen molar-refractivity contribution >= 4 is 27.6 Å². The number of hydrogen-bond acceptors (Lipinski definition) is 7. The Morgan fingerprint density at radius 2 is 2.16 bits per heavy atom. The Kier molecular flexibility index (Phi) is 5.32. The molecule has 106 valence electrons. The van der Waals surface area contributed by atoms with E-state index in [4.69, 9.17) is 10.9 Å². The minimum Gasteiger partial charge on any atom is -0.395 e. The molecule has 0 bridgehead atoms. The molecule has 0 aliphatic carbocycles. The van der Waals surface area contributed by atoms with Gasteiger partial charge in [0, 0.05) is 26.2 Å². The fourth-order valence-electron chi connectivity index (χ4n) is 2.23. The maximum Gasteiger partial charge on any atom is 0.159 e. The number of hydrogen-bond donors (Lipinski definition) is 3. The van der Waals surface area contributed by atoms with Crippen LogP contribution >= 0.6 is 15.9 Å². The molecule has 0 saturated carbocycles. The van der Waals surface area contributed by atoms with Crippen molar-refractivity contribution in [3.8, 4) is 0 Å². The van der Waals surface area contributed by atoms with Crippen LogP contribution in [0, 0.1) is 0 Å². The van der Waals surface area contributed by atoms with Crippen LogP contribution in [-0.2, 0) is 0 Å². The molecule has 2 heterocycles. The third kappa shape index (κ3) is 3.53. The van der Waals surface area contributed by atoms with E-state index in [2.05, 4.69) is 41.1 Å². The molecule has 1 aliphatic rings. The number of aliphatic hydroxyl groups is 1. The van der Waals surface area contributed by atoms with Crippen molar-refractivity contribution in [2.24, 2.45) is 5.84 Å². The van der Waals surface area contributed by atoms with Crippen LogP contribution in [0.25, 0.3) is 0 Å². The quantitative estimate of drug-likeness (QED) is 0.530. The van der Waals surface area contributed by atoms with Gasteiger partial charge in [-0.3, -0.25) is 4.90 Å². The van der Waals surface area contributed by atoms with Gasteiger partial charge in [-0.2, -0.15) is 0 Å². The summed E-state index contributed by atoms with van der Waals surface area (Å²) >= 11 is 3.49. The minimum absolute atomic E-state index is 0.207. The number of aromatic nitrogens is 2. The summed E-state index contributed by atoms with van der Waals surface area (Å²) in [7, 11) is 0. The van der Waals surface area contributed by atoms with Gasteiger partial charge in [-0.25, -0.2) is 15.8 Å². The molecule has 1 aliphatic heterocycles. The van der Waals surface area contributed by atoms with E-state index < -0.39 is 0 Å². The first-order valence-electron chi connectivity index (χ1n) is 6.31. The lowest BCUT2D eigenvalue weighted by molar-refractivity contribution is 0.204. The molecule has 1 aromatic heterocycles. The molecule has 2 rings (SSSR count). The first-order valence-corrected chi connectivity index (χ1v) is 7.11. The average molecular weight is 331 g/mol. The molecule has 0 amide bonds. The van der Waals surface area contributed by atoms with Gasteiger partial charge in [0.25, 0.3) is 0 Å². The highest BCUT2D eigenvalue weighted by atomic mass is 79.9. The van der Waals surface area contributed by atoms with E-state index in [1.54, 1.807) is 0 Å². The molecule has 1 saturated heterocycles. The molecule has 1 fully saturated rings. The number of nitrogens with two attached hydrogens (primary N) is 1. The fourth-order valence-corrected chi connectivity index (χ4v) is 2.80. The SMILES string of the molecule is NNc1ncnc(N2CCCN(CCO)CC2)c1Br. The molecule has 1 aromatic rings. The summed E-state index contributed by atoms with van der Waals surface area (Å²) in [6, 6.07) is 0. The Hall–Kier alpha value is -0.960. The van der Waals surface area contributed by atoms with Crippen LogP contribution in [0.2, 0.25) is 0 Å². The number of halogens is 1. The zero-order valence-electron chi connectivity index (χ0n) is 10.7. The fraction of sp³-hybridized carbons (Fsp3) is 0.636. The second kappa shape index (κ2) is 6.99. The Morgan fingerprint density at radius 3 is 2.89 bits per heavy atom. The van der Waals surface area contributed by atoms with Crippen LogP contribution in [0.4, 0.5) is 11.6 Å². The van der Waals surface area contributed by atoms with Crippen molar-refractivity contribution < 1.29 is 5.11 Å². The average Bonchev–Trinajstić information content (AvgIpc) is 2.65. The lowest BCUT2D eigenvalue weighted by atomic mass is 10.3. The highest BCUT2D eigenvalue weighted by molar-refractivity contribution is 9.10. The highest BCUT2D eigenvalue weighted by Crippen LogP contribution is 2.29. The van der Waals surface area contributed by atoms with Crippen LogP contribution in [0.5, 0.6) is 0 Å². The van der Waals surface area contributed by atoms with Gasteiger partial charge in [0.15, 0.2) is 5.82 Å². The van der Waals surface area contributed by atoms with Crippen molar-refractivity contribution in [3.63, 3.8) is 0 Å². The van der Waals surface area contributed by atoms with Crippen LogP contribution < -0.4 is 16.2 Å². The Morgan fingerprint density at radius 1 is 1.32 bits per heavy atom. The molecule has 0 atom stereocenters. The largest absolute Gasteiger partial charge is 0.395 e. The molecule has 19 heavy (non-hydrogen) atoms. The van der Waals surface area contributed by atoms with Crippen LogP contribution in [-0.4, -0.2) is 59.3 Å². The maximum atomic E-state index is 9.00. The monoisotopic (exact) mass is 330 g/mol. The maximum absolute atomic E-state index is 9.00. The first-order chi connectivity index (χ1) is 9.26. The summed E-state index contributed by atoms with van der Waals surface area (Å²) < 4.78 is 0.785. The third-order valence-corrected chi connectivity index (χ3v) is 3.94. The second-order valence-electron chi connectivity index (χ2n) is 4.41. The number of aliphatic hydroxyl groups excluding tert-OH is 1. The second-order valence-corrected chi connectivity index (χ2v) is 5.20. The van der Waals surface area contributed by atoms with Gasteiger partial charge in [-0.15, -0.1) is 0 Å². The zero-order valence-corrected chi connectivity index (χ0v) is 12.3. The van der Waals surface area contributed by atoms with Gasteiger partial charge >= 0.3 is 0 Å². The Labute approximate surface area is 120 Å². The highest BCUT2D eigenvalue weighted by Gasteiger charge is 2.19. The van der Waals surface area contributed by atoms with E-state index in [0.29, 0.717) is 5.82 Å². The molecule has 7 nitrogen and oxygen atoms in total. The first kappa shape index (κ1) is 14.4. The number of hydrazine groups is 1. The predicted molar refractivity (Wildman–Crippen MR) is 77.9 cm³/mol. The van der Waals surface area contributed by atoms with E-state index in [0.717, 1.165) is 49.4 Å². The molecule has 8 heteroatoms. The predicted octanol–water partition coefficient (Wildman–Crippen LogP) is 0.0291. The summed E-state index contributed by atoms with van der Waals surface area (Å²) in [6.07, 6.45) is 2.55. The van der Waals surface area contributed by atoms with Crippen LogP contribution in [0.1, 0.15) is 6.42 Å². The summed E-state index contributed by atoms with van der Waals surface area (Å²) in [6.45, 7) is 4.66. The third-order valence-electron chi connectivity index (χ3n) is 3.21. The lowest BCUT2D eigenvalue weighted by Crippen LogP contribution is -2.33. The topological polar surface area (TPSA) is 90.5 Å². The number of β-amino-alcohol motifs (C(OH)–C–C–N with tert-alkyl or cyclic N) is 1. The molecular weight excluding hydrogens is 312 g/mol. The van der Waals surface area contributed by atoms with Crippen molar-refractivity contribution in [2.75, 3.05) is 49.7 Å². The Balaban J connectivity index is 2.10. The standard InChI is InChI=1S/C11H19BrN6O/c12-9-10(16-13)14-8-15-11(9)18-3-1-2-17(4-5-18)6-7-19/h8,19H,1-7,13H2,(H,14,15,16). The number of nitrogens with zero attached hydrogens (tertiary/aromatic N) is 4. The van der Waals surface area contributed by atoms with Crippen molar-refractivity contribution in [3.05, 3.63) is 10.8 Å². The van der Waals surface area contributed by atoms with Gasteiger partial charge < -0.3 is 15.4 Å². The summed E-state index contributed by atoms with van der Waals surface area (Å²) in [5.41, 5.74) is 2.55. The molecule has 0 radical (unpaired) electrons. The van der Waals surface area contributed by atoms with Crippen molar-refractivity contribution in [1.82, 2.24) is 14.9 Å². The lowest BCUT2D eigenvalue weighted by Gasteiger charge is -2.23. The molecule has 0 unspecified atom stereocenters. The Bertz CT molecular complexity index is 418. The minimum atomic E-state index is 0.207. The number of rotatable bonds is 4. The van der Waals surface area contributed by atoms with Gasteiger partial charge in [-0.05, 0) is 28.9 Å². The van der Waals surface area contributed by atoms with Gasteiger partial charge in [-0.1, -0.05) is 0 Å². The zero-order chi connectivity index (χ0) is 13.7. The number of nitrogens with one attached hydrogen (secondary N) is 1. The number of anilines is 2. The summed E-state index contributed by atoms with van der Waals surface area (Å²) in [5.74, 6) is 6.86. The van der Waals surface area contributed by atoms with Gasteiger partial charge in [0.1, 0.15) is 16.6 Å². The normalized spacial score (nSPS) is 17.3. The van der Waals surface area contributed by atoms with Crippen LogP contribution in [0.15, 0.2) is 10.8 Å². The van der Waals surface area contributed by atoms with Crippen molar-refractivity contribution in [2.45, 2.75) is 6.42 Å². The molecule has 4 N–H and O–H groups in total. The summed E-state index contributed by atoms with van der Waals surface area (Å²) in [4.78, 5) is 12.9.